The molecule has 1 saturated carbocycles. The van der Waals surface area contributed by atoms with Crippen LogP contribution >= 0.6 is 0 Å². The fraction of sp³-hybridized carbons (Fsp3) is 0.909. The number of carbonyl (C=O) groups excluding carboxylic acids is 1. The molecular formula is C11H19NO2. The lowest BCUT2D eigenvalue weighted by Crippen LogP contribution is -2.34. The Morgan fingerprint density at radius 3 is 2.50 bits per heavy atom. The molecule has 2 rings (SSSR count). The quantitative estimate of drug-likeness (QED) is 0.680. The number of rotatable bonds is 2. The van der Waals surface area contributed by atoms with E-state index < -0.39 is 0 Å². The Bertz CT molecular complexity index is 221. The van der Waals surface area contributed by atoms with E-state index in [-0.39, 0.29) is 12.2 Å². The van der Waals surface area contributed by atoms with E-state index in [0.29, 0.717) is 12.0 Å². The Balaban J connectivity index is 1.96. The molecule has 0 bridgehead atoms. The molecule has 1 unspecified atom stereocenters. The summed E-state index contributed by atoms with van der Waals surface area (Å²) in [5.74, 6) is 0.436. The number of cyclic esters (lactones) is 1. The van der Waals surface area contributed by atoms with Crippen molar-refractivity contribution in [2.75, 3.05) is 6.54 Å². The molecule has 1 aliphatic heterocycles. The van der Waals surface area contributed by atoms with Gasteiger partial charge in [-0.15, -0.1) is 0 Å². The predicted molar refractivity (Wildman–Crippen MR) is 54.1 cm³/mol. The number of hydrogen-bond acceptors (Lipinski definition) is 2. The van der Waals surface area contributed by atoms with E-state index in [0.717, 1.165) is 6.54 Å². The van der Waals surface area contributed by atoms with Crippen molar-refractivity contribution < 1.29 is 9.53 Å². The molecule has 2 fully saturated rings. The average molecular weight is 197 g/mol. The Labute approximate surface area is 85.4 Å². The highest BCUT2D eigenvalue weighted by atomic mass is 16.6. The summed E-state index contributed by atoms with van der Waals surface area (Å²) >= 11 is 0. The minimum atomic E-state index is -0.0874. The third-order valence-electron chi connectivity index (χ3n) is 3.37. The van der Waals surface area contributed by atoms with Crippen LogP contribution in [0.3, 0.4) is 0 Å². The van der Waals surface area contributed by atoms with Gasteiger partial charge in [0.05, 0.1) is 6.54 Å². The lowest BCUT2D eigenvalue weighted by molar-refractivity contribution is 0.110. The van der Waals surface area contributed by atoms with E-state index in [1.54, 1.807) is 0 Å². The van der Waals surface area contributed by atoms with E-state index in [4.69, 9.17) is 4.74 Å². The van der Waals surface area contributed by atoms with Gasteiger partial charge in [-0.2, -0.15) is 0 Å². The summed E-state index contributed by atoms with van der Waals surface area (Å²) in [7, 11) is 0. The number of hydrogen-bond donors (Lipinski definition) is 0. The normalized spacial score (nSPS) is 28.9. The van der Waals surface area contributed by atoms with Gasteiger partial charge in [0.1, 0.15) is 6.10 Å². The van der Waals surface area contributed by atoms with E-state index in [2.05, 4.69) is 13.8 Å². The number of carbonyl (C=O) groups is 1. The molecule has 1 heterocycles. The van der Waals surface area contributed by atoms with Gasteiger partial charge in [-0.3, -0.25) is 0 Å². The lowest BCUT2D eigenvalue weighted by atomic mass is 10.1. The third-order valence-corrected chi connectivity index (χ3v) is 3.37. The summed E-state index contributed by atoms with van der Waals surface area (Å²) in [5.41, 5.74) is 0. The van der Waals surface area contributed by atoms with Crippen molar-refractivity contribution in [1.82, 2.24) is 4.90 Å². The molecule has 0 aromatic carbocycles. The van der Waals surface area contributed by atoms with Crippen molar-refractivity contribution >= 4 is 6.09 Å². The maximum Gasteiger partial charge on any atom is 0.410 e. The first kappa shape index (κ1) is 9.81. The summed E-state index contributed by atoms with van der Waals surface area (Å²) in [6, 6.07) is 0.464. The summed E-state index contributed by atoms with van der Waals surface area (Å²) in [4.78, 5) is 13.5. The molecule has 80 valence electrons. The van der Waals surface area contributed by atoms with Crippen LogP contribution in [0.15, 0.2) is 0 Å². The van der Waals surface area contributed by atoms with E-state index in [1.165, 1.54) is 25.7 Å². The second-order valence-electron chi connectivity index (χ2n) is 4.76. The van der Waals surface area contributed by atoms with Crippen LogP contribution in [0.25, 0.3) is 0 Å². The highest BCUT2D eigenvalue weighted by Gasteiger charge is 2.38. The van der Waals surface area contributed by atoms with Crippen LogP contribution in [0.1, 0.15) is 39.5 Å². The van der Waals surface area contributed by atoms with Gasteiger partial charge in [-0.05, 0) is 18.8 Å². The van der Waals surface area contributed by atoms with Crippen LogP contribution in [0.5, 0.6) is 0 Å². The van der Waals surface area contributed by atoms with Crippen LogP contribution in [0.2, 0.25) is 0 Å². The summed E-state index contributed by atoms with van der Waals surface area (Å²) in [6.45, 7) is 5.02. The first-order valence-electron chi connectivity index (χ1n) is 5.65. The third kappa shape index (κ3) is 1.72. The standard InChI is InChI=1S/C11H19NO2/c1-8(2)10-7-12(11(13)14-10)9-5-3-4-6-9/h8-10H,3-7H2,1-2H3. The summed E-state index contributed by atoms with van der Waals surface area (Å²) in [6.07, 6.45) is 4.89. The zero-order chi connectivity index (χ0) is 10.1. The molecule has 0 spiro atoms. The van der Waals surface area contributed by atoms with Crippen LogP contribution in [-0.4, -0.2) is 29.7 Å². The molecular weight excluding hydrogens is 178 g/mol. The van der Waals surface area contributed by atoms with Crippen molar-refractivity contribution in [3.05, 3.63) is 0 Å². The van der Waals surface area contributed by atoms with Crippen molar-refractivity contribution in [3.8, 4) is 0 Å². The second-order valence-corrected chi connectivity index (χ2v) is 4.76. The fourth-order valence-corrected chi connectivity index (χ4v) is 2.36. The summed E-state index contributed by atoms with van der Waals surface area (Å²) in [5, 5.41) is 0. The maximum absolute atomic E-state index is 11.6. The minimum Gasteiger partial charge on any atom is -0.444 e. The maximum atomic E-state index is 11.6. The Morgan fingerprint density at radius 2 is 2.00 bits per heavy atom. The van der Waals surface area contributed by atoms with Gasteiger partial charge in [-0.25, -0.2) is 4.79 Å². The van der Waals surface area contributed by atoms with Crippen molar-refractivity contribution in [1.29, 1.82) is 0 Å². The van der Waals surface area contributed by atoms with Crippen molar-refractivity contribution in [2.24, 2.45) is 5.92 Å². The monoisotopic (exact) mass is 197 g/mol. The number of nitrogens with zero attached hydrogens (tertiary/aromatic N) is 1. The first-order chi connectivity index (χ1) is 6.68. The molecule has 14 heavy (non-hydrogen) atoms. The highest BCUT2D eigenvalue weighted by Crippen LogP contribution is 2.28. The highest BCUT2D eigenvalue weighted by molar-refractivity contribution is 5.70. The number of amides is 1. The van der Waals surface area contributed by atoms with E-state index in [9.17, 15) is 4.79 Å². The van der Waals surface area contributed by atoms with Crippen molar-refractivity contribution in [3.63, 3.8) is 0 Å². The molecule has 3 heteroatoms. The predicted octanol–water partition coefficient (Wildman–Crippen LogP) is 2.41. The molecule has 0 radical (unpaired) electrons. The smallest absolute Gasteiger partial charge is 0.410 e. The van der Waals surface area contributed by atoms with E-state index >= 15 is 0 Å². The molecule has 1 aliphatic carbocycles. The van der Waals surface area contributed by atoms with Crippen molar-refractivity contribution in [2.45, 2.75) is 51.7 Å². The first-order valence-corrected chi connectivity index (χ1v) is 5.65. The zero-order valence-corrected chi connectivity index (χ0v) is 9.03. The SMILES string of the molecule is CC(C)C1CN(C2CCCC2)C(=O)O1. The molecule has 1 atom stereocenters. The Morgan fingerprint density at radius 1 is 1.36 bits per heavy atom. The zero-order valence-electron chi connectivity index (χ0n) is 9.03. The molecule has 1 amide bonds. The minimum absolute atomic E-state index is 0.0874. The topological polar surface area (TPSA) is 29.5 Å². The molecule has 2 aliphatic rings. The van der Waals surface area contributed by atoms with Crippen LogP contribution in [-0.2, 0) is 4.74 Å². The van der Waals surface area contributed by atoms with Gasteiger partial charge >= 0.3 is 6.09 Å². The van der Waals surface area contributed by atoms with Gasteiger partial charge < -0.3 is 9.64 Å². The van der Waals surface area contributed by atoms with Gasteiger partial charge in [0, 0.05) is 6.04 Å². The van der Waals surface area contributed by atoms with Crippen LogP contribution in [0.4, 0.5) is 4.79 Å². The second kappa shape index (κ2) is 3.79. The fourth-order valence-electron chi connectivity index (χ4n) is 2.36. The molecule has 3 nitrogen and oxygen atoms in total. The van der Waals surface area contributed by atoms with Crippen LogP contribution < -0.4 is 0 Å². The average Bonchev–Trinajstić information content (AvgIpc) is 2.71. The Kier molecular flexibility index (Phi) is 2.66. The lowest BCUT2D eigenvalue weighted by Gasteiger charge is -2.20. The van der Waals surface area contributed by atoms with E-state index in [1.807, 2.05) is 4.90 Å². The van der Waals surface area contributed by atoms with Gasteiger partial charge in [0.25, 0.3) is 0 Å². The van der Waals surface area contributed by atoms with Gasteiger partial charge in [0.2, 0.25) is 0 Å². The largest absolute Gasteiger partial charge is 0.444 e. The van der Waals surface area contributed by atoms with Crippen LogP contribution in [0, 0.1) is 5.92 Å². The molecule has 0 N–H and O–H groups in total. The Hall–Kier alpha value is -0.730. The number of ether oxygens (including phenoxy) is 1. The molecule has 0 aromatic heterocycles. The van der Waals surface area contributed by atoms with Gasteiger partial charge in [0.15, 0.2) is 0 Å². The molecule has 0 aromatic rings. The summed E-state index contributed by atoms with van der Waals surface area (Å²) < 4.78 is 5.33. The van der Waals surface area contributed by atoms with Gasteiger partial charge in [-0.1, -0.05) is 26.7 Å². The molecule has 1 saturated heterocycles.